The first-order valence-electron chi connectivity index (χ1n) is 4.53. The van der Waals surface area contributed by atoms with Gasteiger partial charge < -0.3 is 5.32 Å². The summed E-state index contributed by atoms with van der Waals surface area (Å²) in [4.78, 5) is 10.5. The summed E-state index contributed by atoms with van der Waals surface area (Å²) in [6.45, 7) is 1.54. The molecule has 0 unspecified atom stereocenters. The fourth-order valence-electron chi connectivity index (χ4n) is 0.778. The number of rotatable bonds is 2. The van der Waals surface area contributed by atoms with Crippen LogP contribution in [0.5, 0.6) is 0 Å². The van der Waals surface area contributed by atoms with E-state index in [0.29, 0.717) is 0 Å². The van der Waals surface area contributed by atoms with Crippen molar-refractivity contribution in [1.82, 2.24) is 5.32 Å². The van der Waals surface area contributed by atoms with Gasteiger partial charge in [0.1, 0.15) is 0 Å². The molecular formula is C12H17NO. The summed E-state index contributed by atoms with van der Waals surface area (Å²) < 4.78 is 0. The molecule has 0 aliphatic carbocycles. The third-order valence-corrected chi connectivity index (χ3v) is 1.31. The predicted molar refractivity (Wildman–Crippen MR) is 61.1 cm³/mol. The van der Waals surface area contributed by atoms with Gasteiger partial charge in [0, 0.05) is 0 Å². The highest BCUT2D eigenvalue weighted by molar-refractivity contribution is 5.91. The highest BCUT2D eigenvalue weighted by Crippen LogP contribution is 2.00. The van der Waals surface area contributed by atoms with Crippen LogP contribution < -0.4 is 5.32 Å². The van der Waals surface area contributed by atoms with E-state index in [2.05, 4.69) is 5.32 Å². The van der Waals surface area contributed by atoms with Gasteiger partial charge in [-0.25, -0.2) is 0 Å². The van der Waals surface area contributed by atoms with Crippen molar-refractivity contribution in [3.8, 4) is 0 Å². The molecule has 1 aromatic rings. The number of carbonyl (C=O) groups is 1. The van der Waals surface area contributed by atoms with Gasteiger partial charge in [0.25, 0.3) is 0 Å². The average molecular weight is 191 g/mol. The molecule has 14 heavy (non-hydrogen) atoms. The Morgan fingerprint density at radius 2 is 1.71 bits per heavy atom. The fraction of sp³-hybridized carbons (Fsp3) is 0.250. The van der Waals surface area contributed by atoms with Crippen LogP contribution in [0, 0.1) is 0 Å². The Morgan fingerprint density at radius 3 is 2.14 bits per heavy atom. The molecule has 0 heterocycles. The molecule has 2 heteroatoms. The topological polar surface area (TPSA) is 29.1 Å². The largest absolute Gasteiger partial charge is 0.323 e. The molecule has 0 amide bonds. The maximum atomic E-state index is 10.5. The number of hydrogen-bond donors (Lipinski definition) is 1. The highest BCUT2D eigenvalue weighted by atomic mass is 16.1. The van der Waals surface area contributed by atoms with Gasteiger partial charge in [-0.1, -0.05) is 36.4 Å². The summed E-state index contributed by atoms with van der Waals surface area (Å²) in [5.41, 5.74) is 1.06. The molecule has 0 aliphatic rings. The lowest BCUT2D eigenvalue weighted by atomic mass is 10.2. The summed E-state index contributed by atoms with van der Waals surface area (Å²) in [7, 11) is 3.75. The second kappa shape index (κ2) is 8.20. The van der Waals surface area contributed by atoms with E-state index in [0.717, 1.165) is 5.56 Å². The molecule has 0 spiro atoms. The fourth-order valence-corrected chi connectivity index (χ4v) is 0.778. The van der Waals surface area contributed by atoms with Gasteiger partial charge in [0.15, 0.2) is 5.78 Å². The van der Waals surface area contributed by atoms with Crippen molar-refractivity contribution in [2.45, 2.75) is 6.92 Å². The molecular weight excluding hydrogens is 174 g/mol. The van der Waals surface area contributed by atoms with Gasteiger partial charge in [-0.05, 0) is 32.7 Å². The van der Waals surface area contributed by atoms with E-state index in [-0.39, 0.29) is 5.78 Å². The van der Waals surface area contributed by atoms with Crippen molar-refractivity contribution in [2.75, 3.05) is 14.1 Å². The van der Waals surface area contributed by atoms with Crippen LogP contribution in [0.2, 0.25) is 0 Å². The molecule has 0 radical (unpaired) electrons. The second-order valence-corrected chi connectivity index (χ2v) is 2.85. The minimum Gasteiger partial charge on any atom is -0.323 e. The van der Waals surface area contributed by atoms with E-state index in [1.807, 2.05) is 50.5 Å². The zero-order valence-corrected chi connectivity index (χ0v) is 8.95. The molecule has 0 fully saturated rings. The van der Waals surface area contributed by atoms with E-state index >= 15 is 0 Å². The van der Waals surface area contributed by atoms with Crippen LogP contribution in [-0.4, -0.2) is 19.9 Å². The maximum Gasteiger partial charge on any atom is 0.152 e. The van der Waals surface area contributed by atoms with Gasteiger partial charge in [0.2, 0.25) is 0 Å². The molecule has 1 aromatic carbocycles. The number of carbonyl (C=O) groups excluding carboxylic acids is 1. The van der Waals surface area contributed by atoms with Gasteiger partial charge in [-0.2, -0.15) is 0 Å². The number of allylic oxidation sites excluding steroid dienone is 1. The molecule has 0 saturated carbocycles. The first-order chi connectivity index (χ1) is 6.70. The smallest absolute Gasteiger partial charge is 0.152 e. The van der Waals surface area contributed by atoms with E-state index in [4.69, 9.17) is 0 Å². The third kappa shape index (κ3) is 7.25. The first-order valence-corrected chi connectivity index (χ1v) is 4.53. The molecule has 2 nitrogen and oxygen atoms in total. The van der Waals surface area contributed by atoms with Crippen molar-refractivity contribution >= 4 is 11.9 Å². The van der Waals surface area contributed by atoms with Crippen LogP contribution in [0.4, 0.5) is 0 Å². The Labute approximate surface area is 85.6 Å². The third-order valence-electron chi connectivity index (χ3n) is 1.31. The van der Waals surface area contributed by atoms with Crippen LogP contribution >= 0.6 is 0 Å². The van der Waals surface area contributed by atoms with Crippen molar-refractivity contribution < 1.29 is 4.79 Å². The Hall–Kier alpha value is -1.41. The number of hydrogen-bond acceptors (Lipinski definition) is 2. The monoisotopic (exact) mass is 191 g/mol. The van der Waals surface area contributed by atoms with E-state index in [1.165, 1.54) is 0 Å². The van der Waals surface area contributed by atoms with Gasteiger partial charge in [-0.15, -0.1) is 0 Å². The van der Waals surface area contributed by atoms with Crippen molar-refractivity contribution in [3.05, 3.63) is 42.0 Å². The van der Waals surface area contributed by atoms with E-state index < -0.39 is 0 Å². The molecule has 1 rings (SSSR count). The molecule has 1 N–H and O–H groups in total. The van der Waals surface area contributed by atoms with Crippen LogP contribution in [0.3, 0.4) is 0 Å². The zero-order valence-electron chi connectivity index (χ0n) is 8.95. The molecule has 76 valence electrons. The normalized spacial score (nSPS) is 9.36. The van der Waals surface area contributed by atoms with Crippen LogP contribution in [-0.2, 0) is 4.79 Å². The van der Waals surface area contributed by atoms with Crippen LogP contribution in [0.1, 0.15) is 12.5 Å². The van der Waals surface area contributed by atoms with Crippen LogP contribution in [0.15, 0.2) is 36.4 Å². The maximum absolute atomic E-state index is 10.5. The SMILES string of the molecule is CC(=O)C=Cc1ccccc1.CNC. The van der Waals surface area contributed by atoms with Crippen molar-refractivity contribution in [2.24, 2.45) is 0 Å². The Bertz CT molecular complexity index is 278. The second-order valence-electron chi connectivity index (χ2n) is 2.85. The lowest BCUT2D eigenvalue weighted by Crippen LogP contribution is -1.89. The molecule has 0 aromatic heterocycles. The Balaban J connectivity index is 0.000000500. The average Bonchev–Trinajstić information content (AvgIpc) is 2.18. The van der Waals surface area contributed by atoms with Crippen LogP contribution in [0.25, 0.3) is 6.08 Å². The van der Waals surface area contributed by atoms with E-state index in [9.17, 15) is 4.79 Å². The number of nitrogens with one attached hydrogen (secondary N) is 1. The molecule has 0 atom stereocenters. The summed E-state index contributed by atoms with van der Waals surface area (Å²) in [6, 6.07) is 9.75. The lowest BCUT2D eigenvalue weighted by molar-refractivity contribution is -0.112. The van der Waals surface area contributed by atoms with Gasteiger partial charge in [0.05, 0.1) is 0 Å². The number of ketones is 1. The van der Waals surface area contributed by atoms with Crippen molar-refractivity contribution in [3.63, 3.8) is 0 Å². The minimum atomic E-state index is 0.0776. The number of benzene rings is 1. The van der Waals surface area contributed by atoms with Gasteiger partial charge in [-0.3, -0.25) is 4.79 Å². The molecule has 0 aliphatic heterocycles. The standard InChI is InChI=1S/C10H10O.C2H7N/c1-9(11)7-8-10-5-3-2-4-6-10;1-3-2/h2-8H,1H3;3H,1-2H3. The summed E-state index contributed by atoms with van der Waals surface area (Å²) >= 11 is 0. The minimum absolute atomic E-state index is 0.0776. The highest BCUT2D eigenvalue weighted by Gasteiger charge is 1.83. The van der Waals surface area contributed by atoms with Gasteiger partial charge >= 0.3 is 0 Å². The quantitative estimate of drug-likeness (QED) is 0.725. The van der Waals surface area contributed by atoms with Crippen molar-refractivity contribution in [1.29, 1.82) is 0 Å². The zero-order chi connectivity index (χ0) is 10.8. The first kappa shape index (κ1) is 12.6. The molecule has 0 bridgehead atoms. The summed E-state index contributed by atoms with van der Waals surface area (Å²) in [5.74, 6) is 0.0776. The Morgan fingerprint density at radius 1 is 1.21 bits per heavy atom. The summed E-state index contributed by atoms with van der Waals surface area (Å²) in [6.07, 6.45) is 3.37. The summed E-state index contributed by atoms with van der Waals surface area (Å²) in [5, 5.41) is 2.75. The lowest BCUT2D eigenvalue weighted by Gasteiger charge is -1.88. The molecule has 0 saturated heterocycles. The Kier molecular flexibility index (Phi) is 7.37. The van der Waals surface area contributed by atoms with E-state index in [1.54, 1.807) is 13.0 Å². The predicted octanol–water partition coefficient (Wildman–Crippen LogP) is 2.12.